The van der Waals surface area contributed by atoms with Gasteiger partial charge in [-0.05, 0) is 11.6 Å². The minimum atomic E-state index is -1.37. The lowest BCUT2D eigenvalue weighted by Crippen LogP contribution is -2.70. The molecule has 0 bridgehead atoms. The molecule has 2 amide bonds. The maximum absolute atomic E-state index is 12.1. The predicted molar refractivity (Wildman–Crippen MR) is 82.1 cm³/mol. The summed E-state index contributed by atoms with van der Waals surface area (Å²) in [5, 5.41) is 21.2. The van der Waals surface area contributed by atoms with Gasteiger partial charge in [0.25, 0.3) is 11.8 Å². The van der Waals surface area contributed by atoms with Crippen molar-refractivity contribution in [3.8, 4) is 0 Å². The van der Waals surface area contributed by atoms with Gasteiger partial charge in [-0.25, -0.2) is 4.79 Å². The molecule has 0 aromatic heterocycles. The topological polar surface area (TPSA) is 107 Å². The smallest absolute Gasteiger partial charge is 0.352 e. The predicted octanol–water partition coefficient (Wildman–Crippen LogP) is 0.0884. The van der Waals surface area contributed by atoms with Gasteiger partial charge < -0.3 is 15.5 Å². The molecule has 1 fully saturated rings. The van der Waals surface area contributed by atoms with Crippen LogP contribution in [0.2, 0.25) is 0 Å². The van der Waals surface area contributed by atoms with Crippen molar-refractivity contribution in [2.75, 3.05) is 5.75 Å². The highest BCUT2D eigenvalue weighted by Crippen LogP contribution is 2.37. The summed E-state index contributed by atoms with van der Waals surface area (Å²) in [6.07, 6.45) is 0.0965. The van der Waals surface area contributed by atoms with Crippen molar-refractivity contribution in [2.24, 2.45) is 0 Å². The Morgan fingerprint density at radius 3 is 2.65 bits per heavy atom. The van der Waals surface area contributed by atoms with Gasteiger partial charge in [0.2, 0.25) is 0 Å². The molecule has 23 heavy (non-hydrogen) atoms. The second-order valence-electron chi connectivity index (χ2n) is 5.13. The number of hydrogen-bond acceptors (Lipinski definition) is 5. The minimum absolute atomic E-state index is 0.0622. The monoisotopic (exact) mass is 334 g/mol. The summed E-state index contributed by atoms with van der Waals surface area (Å²) in [4.78, 5) is 36.5. The number of carbonyl (C=O) groups excluding carboxylic acids is 2. The Labute approximate surface area is 136 Å². The zero-order valence-electron chi connectivity index (χ0n) is 11.9. The number of aliphatic hydroxyl groups excluding tert-OH is 1. The summed E-state index contributed by atoms with van der Waals surface area (Å²) < 4.78 is 0. The number of nitrogens with zero attached hydrogens (tertiary/aromatic N) is 1. The molecule has 0 radical (unpaired) electrons. The molecule has 2 aliphatic heterocycles. The minimum Gasteiger partial charge on any atom is -0.477 e. The van der Waals surface area contributed by atoms with Crippen molar-refractivity contribution in [3.63, 3.8) is 0 Å². The van der Waals surface area contributed by atoms with E-state index in [0.717, 1.165) is 4.90 Å². The van der Waals surface area contributed by atoms with Crippen molar-refractivity contribution >= 4 is 29.5 Å². The highest BCUT2D eigenvalue weighted by Gasteiger charge is 2.53. The first-order valence-corrected chi connectivity index (χ1v) is 7.97. The van der Waals surface area contributed by atoms with E-state index < -0.39 is 35.3 Å². The number of hydrogen-bond donors (Lipinski definition) is 3. The van der Waals surface area contributed by atoms with Gasteiger partial charge >= 0.3 is 5.97 Å². The van der Waals surface area contributed by atoms with Crippen LogP contribution in [-0.4, -0.2) is 50.1 Å². The molecule has 1 unspecified atom stereocenters. The second kappa shape index (κ2) is 6.05. The highest BCUT2D eigenvalue weighted by molar-refractivity contribution is 8.00. The van der Waals surface area contributed by atoms with Crippen molar-refractivity contribution in [2.45, 2.75) is 17.5 Å². The van der Waals surface area contributed by atoms with E-state index in [-0.39, 0.29) is 5.70 Å². The lowest BCUT2D eigenvalue weighted by molar-refractivity contribution is -0.151. The molecule has 0 aliphatic carbocycles. The van der Waals surface area contributed by atoms with Crippen molar-refractivity contribution in [1.82, 2.24) is 10.2 Å². The Kier molecular flexibility index (Phi) is 4.10. The number of aliphatic carboxylic acids is 1. The van der Waals surface area contributed by atoms with Crippen LogP contribution in [0.15, 0.2) is 42.1 Å². The third-order valence-electron chi connectivity index (χ3n) is 3.73. The van der Waals surface area contributed by atoms with Gasteiger partial charge in [0.05, 0.1) is 0 Å². The summed E-state index contributed by atoms with van der Waals surface area (Å²) >= 11 is 1.36. The standard InChI is InChI=1S/C15H14N2O5S/c18-11(8-4-2-1-3-5-8)12(19)16-10-13(20)17-9(15(21)22)6-7-23-14(10)17/h1-6,10-11,14,18H,7H2,(H,16,19)(H,21,22)/t10-,11?,14-/m1/s1. The van der Waals surface area contributed by atoms with Crippen LogP contribution in [0.25, 0.3) is 0 Å². The van der Waals surface area contributed by atoms with Gasteiger partial charge in [-0.15, -0.1) is 11.8 Å². The molecule has 1 saturated heterocycles. The second-order valence-corrected chi connectivity index (χ2v) is 6.28. The van der Waals surface area contributed by atoms with Crippen LogP contribution in [0.4, 0.5) is 0 Å². The van der Waals surface area contributed by atoms with Crippen LogP contribution < -0.4 is 5.32 Å². The van der Waals surface area contributed by atoms with Crippen LogP contribution in [0.1, 0.15) is 11.7 Å². The number of fused-ring (bicyclic) bond motifs is 1. The maximum atomic E-state index is 12.1. The molecule has 0 saturated carbocycles. The number of β-lactam (4-membered cyclic amide) rings is 1. The number of nitrogens with one attached hydrogen (secondary N) is 1. The molecule has 120 valence electrons. The van der Waals surface area contributed by atoms with E-state index >= 15 is 0 Å². The SMILES string of the molecule is O=C(O)C1=CCS[C@@H]2[C@H](NC(=O)C(O)c3ccccc3)C(=O)N12. The average Bonchev–Trinajstić information content (AvgIpc) is 2.58. The number of amides is 2. The van der Waals surface area contributed by atoms with Crippen LogP contribution >= 0.6 is 11.8 Å². The summed E-state index contributed by atoms with van der Waals surface area (Å²) in [5.41, 5.74) is 0.365. The number of aliphatic hydroxyl groups is 1. The lowest BCUT2D eigenvalue weighted by Gasteiger charge is -2.48. The van der Waals surface area contributed by atoms with E-state index in [1.807, 2.05) is 0 Å². The van der Waals surface area contributed by atoms with Crippen molar-refractivity contribution in [1.29, 1.82) is 0 Å². The number of carbonyl (C=O) groups is 3. The van der Waals surface area contributed by atoms with Gasteiger partial charge in [0.1, 0.15) is 17.1 Å². The Morgan fingerprint density at radius 2 is 2.00 bits per heavy atom. The molecule has 2 aliphatic rings. The van der Waals surface area contributed by atoms with Crippen LogP contribution in [0.5, 0.6) is 0 Å². The van der Waals surface area contributed by atoms with E-state index in [0.29, 0.717) is 11.3 Å². The number of rotatable bonds is 4. The first-order chi connectivity index (χ1) is 11.0. The maximum Gasteiger partial charge on any atom is 0.352 e. The summed E-state index contributed by atoms with van der Waals surface area (Å²) in [6.45, 7) is 0. The summed E-state index contributed by atoms with van der Waals surface area (Å²) in [6, 6.07) is 7.56. The third kappa shape index (κ3) is 2.71. The van der Waals surface area contributed by atoms with Crippen LogP contribution in [-0.2, 0) is 14.4 Å². The van der Waals surface area contributed by atoms with Crippen LogP contribution in [0, 0.1) is 0 Å². The highest BCUT2D eigenvalue weighted by atomic mass is 32.2. The Morgan fingerprint density at radius 1 is 1.30 bits per heavy atom. The quantitative estimate of drug-likeness (QED) is 0.674. The Bertz CT molecular complexity index is 690. The first kappa shape index (κ1) is 15.6. The third-order valence-corrected chi connectivity index (χ3v) is 4.91. The number of carboxylic acid groups (broad SMARTS) is 1. The number of carboxylic acids is 1. The fourth-order valence-electron chi connectivity index (χ4n) is 2.56. The summed E-state index contributed by atoms with van der Waals surface area (Å²) in [7, 11) is 0. The van der Waals surface area contributed by atoms with E-state index in [1.165, 1.54) is 17.8 Å². The van der Waals surface area contributed by atoms with E-state index in [9.17, 15) is 19.5 Å². The molecule has 3 atom stereocenters. The number of benzene rings is 1. The fourth-order valence-corrected chi connectivity index (χ4v) is 3.75. The van der Waals surface area contributed by atoms with Gasteiger partial charge in [-0.1, -0.05) is 30.3 Å². The Balaban J connectivity index is 1.68. The zero-order chi connectivity index (χ0) is 16.6. The largest absolute Gasteiger partial charge is 0.477 e. The molecule has 2 heterocycles. The average molecular weight is 334 g/mol. The van der Waals surface area contributed by atoms with Crippen LogP contribution in [0.3, 0.4) is 0 Å². The van der Waals surface area contributed by atoms with E-state index in [2.05, 4.69) is 5.32 Å². The molecule has 3 N–H and O–H groups in total. The molecular weight excluding hydrogens is 320 g/mol. The molecule has 1 aromatic carbocycles. The normalized spacial score (nSPS) is 24.1. The molecule has 7 nitrogen and oxygen atoms in total. The molecule has 3 rings (SSSR count). The zero-order valence-corrected chi connectivity index (χ0v) is 12.7. The van der Waals surface area contributed by atoms with Gasteiger partial charge in [0.15, 0.2) is 6.10 Å². The van der Waals surface area contributed by atoms with Gasteiger partial charge in [-0.2, -0.15) is 0 Å². The van der Waals surface area contributed by atoms with Crippen molar-refractivity contribution < 1.29 is 24.6 Å². The summed E-state index contributed by atoms with van der Waals surface area (Å²) in [5.74, 6) is -1.88. The van der Waals surface area contributed by atoms with Crippen molar-refractivity contribution in [3.05, 3.63) is 47.7 Å². The van der Waals surface area contributed by atoms with Gasteiger partial charge in [0, 0.05) is 5.75 Å². The lowest BCUT2D eigenvalue weighted by atomic mass is 10.0. The van der Waals surface area contributed by atoms with Gasteiger partial charge in [-0.3, -0.25) is 14.5 Å². The molecule has 8 heteroatoms. The Hall–Kier alpha value is -2.32. The number of thioether (sulfide) groups is 1. The van der Waals surface area contributed by atoms with E-state index in [4.69, 9.17) is 5.11 Å². The molecule has 1 aromatic rings. The molecular formula is C15H14N2O5S. The molecule has 0 spiro atoms. The van der Waals surface area contributed by atoms with E-state index in [1.54, 1.807) is 30.3 Å². The fraction of sp³-hybridized carbons (Fsp3) is 0.267. The first-order valence-electron chi connectivity index (χ1n) is 6.92.